The molecule has 5 heteroatoms. The smallest absolute Gasteiger partial charge is 0.273 e. The van der Waals surface area contributed by atoms with Crippen LogP contribution in [0.4, 0.5) is 0 Å². The molecule has 0 radical (unpaired) electrons. The van der Waals surface area contributed by atoms with Crippen LogP contribution >= 0.6 is 0 Å². The van der Waals surface area contributed by atoms with Crippen molar-refractivity contribution in [3.63, 3.8) is 0 Å². The molecule has 0 bridgehead atoms. The highest BCUT2D eigenvalue weighted by Gasteiger charge is 2.32. The molecule has 0 saturated carbocycles. The highest BCUT2D eigenvalue weighted by molar-refractivity contribution is 5.94. The molecular formula is C16H20N2O3. The molecule has 5 nitrogen and oxygen atoms in total. The summed E-state index contributed by atoms with van der Waals surface area (Å²) in [6.45, 7) is 2.67. The summed E-state index contributed by atoms with van der Waals surface area (Å²) in [7, 11) is 0. The number of piperidine rings is 1. The van der Waals surface area contributed by atoms with Crippen molar-refractivity contribution < 1.29 is 15.0 Å². The molecular weight excluding hydrogens is 268 g/mol. The van der Waals surface area contributed by atoms with Crippen molar-refractivity contribution in [2.24, 2.45) is 0 Å². The highest BCUT2D eigenvalue weighted by atomic mass is 16.3. The van der Waals surface area contributed by atoms with Crippen LogP contribution in [0.15, 0.2) is 18.3 Å². The fourth-order valence-electron chi connectivity index (χ4n) is 2.43. The lowest BCUT2D eigenvalue weighted by Gasteiger charge is -2.36. The van der Waals surface area contributed by atoms with Gasteiger partial charge in [-0.1, -0.05) is 11.8 Å². The van der Waals surface area contributed by atoms with E-state index in [0.29, 0.717) is 37.2 Å². The Morgan fingerprint density at radius 3 is 3.10 bits per heavy atom. The van der Waals surface area contributed by atoms with Gasteiger partial charge in [-0.3, -0.25) is 4.79 Å². The summed E-state index contributed by atoms with van der Waals surface area (Å²) in [6.07, 6.45) is 3.40. The first kappa shape index (κ1) is 15.5. The van der Waals surface area contributed by atoms with Crippen molar-refractivity contribution >= 4 is 5.91 Å². The van der Waals surface area contributed by atoms with E-state index >= 15 is 0 Å². The Morgan fingerprint density at radius 2 is 2.38 bits per heavy atom. The summed E-state index contributed by atoms with van der Waals surface area (Å²) in [5, 5.41) is 18.9. The number of pyridine rings is 1. The summed E-state index contributed by atoms with van der Waals surface area (Å²) < 4.78 is 0. The minimum Gasteiger partial charge on any atom is -0.395 e. The van der Waals surface area contributed by atoms with Crippen LogP contribution in [0, 0.1) is 11.8 Å². The van der Waals surface area contributed by atoms with Gasteiger partial charge in [-0.25, -0.2) is 4.98 Å². The van der Waals surface area contributed by atoms with Crippen LogP contribution < -0.4 is 0 Å². The van der Waals surface area contributed by atoms with E-state index in [2.05, 4.69) is 16.8 Å². The first-order valence-electron chi connectivity index (χ1n) is 7.10. The molecule has 2 heterocycles. The Bertz CT molecular complexity index is 572. The SMILES string of the molecule is CC1(O)CCCN(C(=O)c2ncccc2C#CCCO)C1. The molecule has 1 saturated heterocycles. The number of nitrogens with zero attached hydrogens (tertiary/aromatic N) is 2. The third kappa shape index (κ3) is 4.03. The third-order valence-corrected chi connectivity index (χ3v) is 3.43. The Hall–Kier alpha value is -1.90. The van der Waals surface area contributed by atoms with Crippen LogP contribution in [-0.4, -0.2) is 51.3 Å². The van der Waals surface area contributed by atoms with Gasteiger partial charge in [0.1, 0.15) is 5.69 Å². The Morgan fingerprint density at radius 1 is 1.57 bits per heavy atom. The van der Waals surface area contributed by atoms with Gasteiger partial charge < -0.3 is 15.1 Å². The standard InChI is InChI=1S/C16H20N2O3/c1-16(21)8-5-10-18(12-16)15(20)14-13(6-2-3-11-19)7-4-9-17-14/h4,7,9,19,21H,3,5,8,10-12H2,1H3. The van der Waals surface area contributed by atoms with Gasteiger partial charge in [0.05, 0.1) is 17.8 Å². The van der Waals surface area contributed by atoms with Crippen molar-refractivity contribution in [2.75, 3.05) is 19.7 Å². The molecule has 2 N–H and O–H groups in total. The minimum atomic E-state index is -0.842. The van der Waals surface area contributed by atoms with E-state index in [4.69, 9.17) is 5.11 Å². The van der Waals surface area contributed by atoms with E-state index in [9.17, 15) is 9.90 Å². The largest absolute Gasteiger partial charge is 0.395 e. The van der Waals surface area contributed by atoms with Gasteiger partial charge in [0, 0.05) is 25.7 Å². The first-order chi connectivity index (χ1) is 10.0. The lowest BCUT2D eigenvalue weighted by molar-refractivity contribution is -0.0109. The van der Waals surface area contributed by atoms with Crippen LogP contribution in [-0.2, 0) is 0 Å². The fourth-order valence-corrected chi connectivity index (χ4v) is 2.43. The van der Waals surface area contributed by atoms with E-state index in [-0.39, 0.29) is 12.5 Å². The fraction of sp³-hybridized carbons (Fsp3) is 0.500. The zero-order chi connectivity index (χ0) is 15.3. The van der Waals surface area contributed by atoms with Gasteiger partial charge >= 0.3 is 0 Å². The second-order valence-electron chi connectivity index (χ2n) is 5.50. The monoisotopic (exact) mass is 288 g/mol. The number of likely N-dealkylation sites (tertiary alicyclic amines) is 1. The quantitative estimate of drug-likeness (QED) is 0.790. The molecule has 1 aromatic heterocycles. The first-order valence-corrected chi connectivity index (χ1v) is 7.10. The third-order valence-electron chi connectivity index (χ3n) is 3.43. The predicted octanol–water partition coefficient (Wildman–Crippen LogP) is 0.802. The maximum absolute atomic E-state index is 12.6. The number of aromatic nitrogens is 1. The second-order valence-corrected chi connectivity index (χ2v) is 5.50. The Kier molecular flexibility index (Phi) is 4.94. The maximum atomic E-state index is 12.6. The number of carbonyl (C=O) groups excluding carboxylic acids is 1. The molecule has 2 rings (SSSR count). The van der Waals surface area contributed by atoms with Crippen LogP contribution in [0.2, 0.25) is 0 Å². The average molecular weight is 288 g/mol. The number of rotatable bonds is 2. The topological polar surface area (TPSA) is 73.7 Å². The lowest BCUT2D eigenvalue weighted by atomic mass is 9.95. The van der Waals surface area contributed by atoms with Crippen molar-refractivity contribution in [3.8, 4) is 11.8 Å². The number of carbonyl (C=O) groups is 1. The molecule has 1 aliphatic heterocycles. The van der Waals surface area contributed by atoms with Crippen molar-refractivity contribution in [3.05, 3.63) is 29.6 Å². The molecule has 1 unspecified atom stereocenters. The molecule has 0 spiro atoms. The van der Waals surface area contributed by atoms with Gasteiger partial charge in [0.25, 0.3) is 5.91 Å². The number of hydrogen-bond donors (Lipinski definition) is 2. The number of hydrogen-bond acceptors (Lipinski definition) is 4. The zero-order valence-electron chi connectivity index (χ0n) is 12.2. The predicted molar refractivity (Wildman–Crippen MR) is 78.6 cm³/mol. The van der Waals surface area contributed by atoms with E-state index in [1.807, 2.05) is 0 Å². The van der Waals surface area contributed by atoms with Crippen molar-refractivity contribution in [1.29, 1.82) is 0 Å². The summed E-state index contributed by atoms with van der Waals surface area (Å²) in [4.78, 5) is 18.3. The Balaban J connectivity index is 2.21. The summed E-state index contributed by atoms with van der Waals surface area (Å²) >= 11 is 0. The van der Waals surface area contributed by atoms with Crippen molar-refractivity contribution in [2.45, 2.75) is 31.8 Å². The molecule has 21 heavy (non-hydrogen) atoms. The summed E-state index contributed by atoms with van der Waals surface area (Å²) in [5.74, 6) is 5.47. The normalized spacial score (nSPS) is 21.6. The van der Waals surface area contributed by atoms with E-state index in [1.165, 1.54) is 0 Å². The van der Waals surface area contributed by atoms with Gasteiger partial charge in [-0.05, 0) is 31.9 Å². The molecule has 0 aromatic carbocycles. The molecule has 0 aliphatic carbocycles. The van der Waals surface area contributed by atoms with Gasteiger partial charge in [-0.15, -0.1) is 0 Å². The van der Waals surface area contributed by atoms with Gasteiger partial charge in [0.15, 0.2) is 0 Å². The molecule has 112 valence electrons. The van der Waals surface area contributed by atoms with Gasteiger partial charge in [0.2, 0.25) is 0 Å². The van der Waals surface area contributed by atoms with Crippen LogP contribution in [0.3, 0.4) is 0 Å². The average Bonchev–Trinajstić information content (AvgIpc) is 2.46. The number of aliphatic hydroxyl groups excluding tert-OH is 1. The van der Waals surface area contributed by atoms with Gasteiger partial charge in [-0.2, -0.15) is 0 Å². The molecule has 1 aromatic rings. The Labute approximate surface area is 124 Å². The van der Waals surface area contributed by atoms with Crippen LogP contribution in [0.1, 0.15) is 42.2 Å². The molecule has 1 amide bonds. The molecule has 1 atom stereocenters. The summed E-state index contributed by atoms with van der Waals surface area (Å²) in [5.41, 5.74) is 0.0209. The van der Waals surface area contributed by atoms with E-state index in [0.717, 1.165) is 6.42 Å². The number of aliphatic hydroxyl groups is 2. The van der Waals surface area contributed by atoms with Crippen molar-refractivity contribution in [1.82, 2.24) is 9.88 Å². The zero-order valence-corrected chi connectivity index (χ0v) is 12.2. The second kappa shape index (κ2) is 6.70. The number of amides is 1. The van der Waals surface area contributed by atoms with E-state index in [1.54, 1.807) is 30.2 Å². The minimum absolute atomic E-state index is 0.00840. The molecule has 1 fully saturated rings. The van der Waals surface area contributed by atoms with Crippen LogP contribution in [0.5, 0.6) is 0 Å². The summed E-state index contributed by atoms with van der Waals surface area (Å²) in [6, 6.07) is 3.47. The maximum Gasteiger partial charge on any atom is 0.273 e. The van der Waals surface area contributed by atoms with E-state index < -0.39 is 5.60 Å². The highest BCUT2D eigenvalue weighted by Crippen LogP contribution is 2.22. The van der Waals surface area contributed by atoms with Crippen LogP contribution in [0.25, 0.3) is 0 Å². The molecule has 1 aliphatic rings. The lowest BCUT2D eigenvalue weighted by Crippen LogP contribution is -2.48. The number of β-amino-alcohol motifs (C(OH)–C–C–N with tert-alkyl or cyclic N) is 1.